The minimum atomic E-state index is -5.73. The molecule has 0 saturated heterocycles. The van der Waals surface area contributed by atoms with E-state index in [-0.39, 0.29) is 9.75 Å². The smallest absolute Gasteiger partial charge is 0.194 e. The third-order valence-electron chi connectivity index (χ3n) is 7.06. The lowest BCUT2D eigenvalue weighted by Crippen LogP contribution is -2.48. The van der Waals surface area contributed by atoms with Crippen molar-refractivity contribution in [2.24, 2.45) is 0 Å². The van der Waals surface area contributed by atoms with Crippen molar-refractivity contribution < 1.29 is 26.3 Å². The first-order chi connectivity index (χ1) is 21.2. The SMILES string of the molecule is Cc1ccc(-c2cc(C3=C(c4cc(-c5ccc(Cl)s5)sc4-c4ccc(Cl)s4)C(F)(F)C(F)(F)C3(F)F)c(-c3ccc(Cl)s3)s2)s1. The Kier molecular flexibility index (Phi) is 7.98. The van der Waals surface area contributed by atoms with Gasteiger partial charge in [-0.15, -0.1) is 68.0 Å². The number of allylic oxidation sites excluding steroid dienone is 2. The van der Waals surface area contributed by atoms with Crippen LogP contribution in [0.25, 0.3) is 50.2 Å². The molecule has 6 aromatic heterocycles. The van der Waals surface area contributed by atoms with Gasteiger partial charge in [-0.1, -0.05) is 34.8 Å². The van der Waals surface area contributed by atoms with Crippen LogP contribution in [0.3, 0.4) is 0 Å². The van der Waals surface area contributed by atoms with Crippen molar-refractivity contribution in [1.82, 2.24) is 0 Å². The highest BCUT2D eigenvalue weighted by Gasteiger charge is 2.80. The van der Waals surface area contributed by atoms with Gasteiger partial charge in [-0.3, -0.25) is 0 Å². The van der Waals surface area contributed by atoms with Crippen molar-refractivity contribution in [3.8, 4) is 39.0 Å². The fourth-order valence-corrected chi connectivity index (χ4v) is 11.8. The van der Waals surface area contributed by atoms with Crippen LogP contribution in [0, 0.1) is 6.92 Å². The van der Waals surface area contributed by atoms with Crippen molar-refractivity contribution in [3.63, 3.8) is 0 Å². The second-order valence-electron chi connectivity index (χ2n) is 9.90. The number of rotatable bonds is 6. The first-order valence-corrected chi connectivity index (χ1v) is 18.7. The highest BCUT2D eigenvalue weighted by atomic mass is 35.5. The van der Waals surface area contributed by atoms with Gasteiger partial charge in [0.25, 0.3) is 0 Å². The van der Waals surface area contributed by atoms with Crippen molar-refractivity contribution in [2.75, 3.05) is 0 Å². The van der Waals surface area contributed by atoms with Gasteiger partial charge in [0, 0.05) is 56.4 Å². The van der Waals surface area contributed by atoms with E-state index in [4.69, 9.17) is 34.8 Å². The zero-order valence-corrected chi connectivity index (χ0v) is 29.3. The lowest BCUT2D eigenvalue weighted by atomic mass is 9.94. The second-order valence-corrected chi connectivity index (χ2v) is 18.4. The van der Waals surface area contributed by atoms with Crippen molar-refractivity contribution in [2.45, 2.75) is 24.7 Å². The Balaban J connectivity index is 1.58. The minimum absolute atomic E-state index is 0.122. The number of halogens is 9. The normalized spacial score (nSPS) is 17.1. The Morgan fingerprint density at radius 3 is 1.20 bits per heavy atom. The molecule has 6 aromatic rings. The van der Waals surface area contributed by atoms with Crippen LogP contribution in [0.2, 0.25) is 13.0 Å². The molecular formula is C30H13Cl3F6S6. The summed E-state index contributed by atoms with van der Waals surface area (Å²) >= 11 is 25.2. The molecule has 1 aliphatic carbocycles. The molecule has 0 fully saturated rings. The lowest BCUT2D eigenvalue weighted by molar-refractivity contribution is -0.254. The summed E-state index contributed by atoms with van der Waals surface area (Å²) < 4.78 is 96.7. The molecule has 6 heterocycles. The first kappa shape index (κ1) is 32.0. The molecule has 15 heteroatoms. The monoisotopic (exact) mass is 784 g/mol. The topological polar surface area (TPSA) is 0 Å². The van der Waals surface area contributed by atoms with E-state index in [9.17, 15) is 0 Å². The van der Waals surface area contributed by atoms with Crippen LogP contribution >= 0.6 is 103 Å². The van der Waals surface area contributed by atoms with Crippen molar-refractivity contribution in [3.05, 3.63) is 89.7 Å². The summed E-state index contributed by atoms with van der Waals surface area (Å²) in [5, 5.41) is 0. The van der Waals surface area contributed by atoms with E-state index in [2.05, 4.69) is 0 Å². The van der Waals surface area contributed by atoms with Gasteiger partial charge in [-0.25, -0.2) is 0 Å². The number of aryl methyl sites for hydroxylation is 1. The molecular weight excluding hydrogens is 773 g/mol. The standard InChI is InChI=1S/C30H13Cl3F6S6/c1-12-2-3-15(40-12)19-10-13(26(44-19)17-5-8-22(32)42-17)24-25(29(36,37)30(38,39)28(24,34)35)14-11-20(16-4-7-21(31)41-16)45-27(14)18-6-9-23(33)43-18/h2-11H,1H3. The number of alkyl halides is 6. The summed E-state index contributed by atoms with van der Waals surface area (Å²) in [6.07, 6.45) is 0. The third-order valence-corrected chi connectivity index (χ3v) is 14.8. The van der Waals surface area contributed by atoms with Crippen LogP contribution in [0.5, 0.6) is 0 Å². The van der Waals surface area contributed by atoms with E-state index in [1.165, 1.54) is 29.5 Å². The van der Waals surface area contributed by atoms with Gasteiger partial charge in [-0.05, 0) is 67.6 Å². The van der Waals surface area contributed by atoms with Gasteiger partial charge >= 0.3 is 17.8 Å². The molecule has 0 atom stereocenters. The van der Waals surface area contributed by atoms with Crippen LogP contribution < -0.4 is 0 Å². The molecule has 0 saturated carbocycles. The van der Waals surface area contributed by atoms with Gasteiger partial charge < -0.3 is 0 Å². The molecule has 7 rings (SSSR count). The van der Waals surface area contributed by atoms with Crippen LogP contribution in [0.15, 0.2) is 60.7 Å². The third kappa shape index (κ3) is 5.10. The molecule has 0 aliphatic heterocycles. The lowest BCUT2D eigenvalue weighted by Gasteiger charge is -2.25. The van der Waals surface area contributed by atoms with E-state index in [1.807, 2.05) is 13.0 Å². The van der Waals surface area contributed by atoms with Crippen LogP contribution in [-0.4, -0.2) is 17.8 Å². The largest absolute Gasteiger partial charge is 0.380 e. The zero-order valence-electron chi connectivity index (χ0n) is 22.1. The molecule has 0 radical (unpaired) electrons. The summed E-state index contributed by atoms with van der Waals surface area (Å²) in [5.41, 5.74) is -3.63. The molecule has 0 unspecified atom stereocenters. The molecule has 0 aromatic carbocycles. The Labute approximate surface area is 291 Å². The van der Waals surface area contributed by atoms with Gasteiger partial charge in [-0.2, -0.15) is 26.3 Å². The van der Waals surface area contributed by atoms with Crippen LogP contribution in [0.1, 0.15) is 16.0 Å². The molecule has 0 spiro atoms. The van der Waals surface area contributed by atoms with Gasteiger partial charge in [0.1, 0.15) is 0 Å². The summed E-state index contributed by atoms with van der Waals surface area (Å²) in [5.74, 6) is -16.2. The highest BCUT2D eigenvalue weighted by Crippen LogP contribution is 2.67. The van der Waals surface area contributed by atoms with E-state index in [1.54, 1.807) is 36.4 Å². The maximum Gasteiger partial charge on any atom is 0.380 e. The Morgan fingerprint density at radius 2 is 0.844 bits per heavy atom. The molecule has 0 bridgehead atoms. The quantitative estimate of drug-likeness (QED) is 0.148. The molecule has 1 aliphatic rings. The molecule has 0 nitrogen and oxygen atoms in total. The summed E-state index contributed by atoms with van der Waals surface area (Å²) in [4.78, 5) is 4.13. The predicted octanol–water partition coefficient (Wildman–Crippen LogP) is 14.8. The summed E-state index contributed by atoms with van der Waals surface area (Å²) in [7, 11) is 0. The maximum absolute atomic E-state index is 16.2. The zero-order chi connectivity index (χ0) is 32.1. The maximum atomic E-state index is 16.2. The van der Waals surface area contributed by atoms with Crippen molar-refractivity contribution >= 4 is 114 Å². The van der Waals surface area contributed by atoms with E-state index < -0.39 is 40.0 Å². The molecule has 0 N–H and O–H groups in total. The second kappa shape index (κ2) is 11.2. The summed E-state index contributed by atoms with van der Waals surface area (Å²) in [6.45, 7) is 1.86. The highest BCUT2D eigenvalue weighted by molar-refractivity contribution is 7.29. The number of hydrogen-bond donors (Lipinski definition) is 0. The van der Waals surface area contributed by atoms with Crippen LogP contribution in [-0.2, 0) is 0 Å². The van der Waals surface area contributed by atoms with Gasteiger partial charge in [0.2, 0.25) is 0 Å². The van der Waals surface area contributed by atoms with Gasteiger partial charge in [0.15, 0.2) is 0 Å². The Hall–Kier alpha value is -1.61. The van der Waals surface area contributed by atoms with Crippen LogP contribution in [0.4, 0.5) is 26.3 Å². The fourth-order valence-electron chi connectivity index (χ4n) is 5.08. The Bertz CT molecular complexity index is 1970. The average Bonchev–Trinajstić information content (AvgIpc) is 3.79. The first-order valence-electron chi connectivity index (χ1n) is 12.7. The molecule has 232 valence electrons. The Morgan fingerprint density at radius 1 is 0.467 bits per heavy atom. The van der Waals surface area contributed by atoms with Crippen molar-refractivity contribution in [1.29, 1.82) is 0 Å². The fraction of sp³-hybridized carbons (Fsp3) is 0.133. The van der Waals surface area contributed by atoms with Gasteiger partial charge in [0.05, 0.1) is 22.8 Å². The van der Waals surface area contributed by atoms with E-state index >= 15 is 26.3 Å². The molecule has 45 heavy (non-hydrogen) atoms. The average molecular weight is 786 g/mol. The predicted molar refractivity (Wildman–Crippen MR) is 183 cm³/mol. The summed E-state index contributed by atoms with van der Waals surface area (Å²) in [6, 6.07) is 15.7. The minimum Gasteiger partial charge on any atom is -0.194 e. The van der Waals surface area contributed by atoms with E-state index in [0.29, 0.717) is 42.3 Å². The number of thiophene rings is 6. The molecule has 0 amide bonds. The number of hydrogen-bond acceptors (Lipinski definition) is 6. The van der Waals surface area contributed by atoms with E-state index in [0.717, 1.165) is 61.6 Å².